The van der Waals surface area contributed by atoms with E-state index < -0.39 is 11.9 Å². The molecule has 0 bridgehead atoms. The molecule has 1 aliphatic rings. The van der Waals surface area contributed by atoms with E-state index >= 15 is 0 Å². The van der Waals surface area contributed by atoms with Crippen LogP contribution in [0.15, 0.2) is 0 Å². The van der Waals surface area contributed by atoms with Gasteiger partial charge in [0.05, 0.1) is 12.6 Å². The lowest BCUT2D eigenvalue weighted by Gasteiger charge is -2.20. The minimum atomic E-state index is -0.984. The average molecular weight is 201 g/mol. The number of ether oxygens (including phenoxy) is 1. The lowest BCUT2D eigenvalue weighted by atomic mass is 10.2. The molecule has 0 saturated heterocycles. The second kappa shape index (κ2) is 4.95. The lowest BCUT2D eigenvalue weighted by molar-refractivity contribution is -0.187. The van der Waals surface area contributed by atoms with Gasteiger partial charge in [0.2, 0.25) is 0 Å². The molecular weight excluding hydrogens is 186 g/mol. The van der Waals surface area contributed by atoms with Gasteiger partial charge in [-0.05, 0) is 19.8 Å². The maximum Gasteiger partial charge on any atom is 0.399 e. The maximum absolute atomic E-state index is 11.2. The predicted octanol–water partition coefficient (Wildman–Crippen LogP) is 0.710. The lowest BCUT2D eigenvalue weighted by Crippen LogP contribution is -2.41. The molecule has 5 nitrogen and oxygen atoms in total. The Morgan fingerprint density at radius 1 is 1.43 bits per heavy atom. The minimum Gasteiger partial charge on any atom is -0.459 e. The Bertz CT molecular complexity index is 223. The van der Waals surface area contributed by atoms with Crippen LogP contribution < -0.4 is 0 Å². The first-order valence-electron chi connectivity index (χ1n) is 4.86. The molecule has 1 saturated carbocycles. The Kier molecular flexibility index (Phi) is 3.88. The molecule has 1 rings (SSSR count). The van der Waals surface area contributed by atoms with E-state index in [1.807, 2.05) is 0 Å². The fourth-order valence-corrected chi connectivity index (χ4v) is 1.60. The van der Waals surface area contributed by atoms with Gasteiger partial charge in [-0.3, -0.25) is 10.0 Å². The Morgan fingerprint density at radius 3 is 2.50 bits per heavy atom. The molecule has 80 valence electrons. The molecular formula is C9H15NO4. The van der Waals surface area contributed by atoms with Crippen LogP contribution in [0.25, 0.3) is 0 Å². The van der Waals surface area contributed by atoms with Gasteiger partial charge < -0.3 is 4.74 Å². The van der Waals surface area contributed by atoms with Crippen LogP contribution in [-0.4, -0.2) is 34.8 Å². The number of esters is 1. The van der Waals surface area contributed by atoms with Gasteiger partial charge in [0.15, 0.2) is 0 Å². The maximum atomic E-state index is 11.2. The number of carbonyl (C=O) groups excluding carboxylic acids is 2. The molecule has 1 amide bonds. The van der Waals surface area contributed by atoms with E-state index in [9.17, 15) is 14.8 Å². The number of amides is 1. The van der Waals surface area contributed by atoms with E-state index in [1.165, 1.54) is 0 Å². The molecule has 0 radical (unpaired) electrons. The van der Waals surface area contributed by atoms with Crippen molar-refractivity contribution in [2.75, 3.05) is 6.61 Å². The summed E-state index contributed by atoms with van der Waals surface area (Å²) in [6, 6.07) is -0.216. The third kappa shape index (κ3) is 2.45. The van der Waals surface area contributed by atoms with E-state index in [4.69, 9.17) is 0 Å². The van der Waals surface area contributed by atoms with Gasteiger partial charge in [-0.2, -0.15) is 0 Å². The fourth-order valence-electron chi connectivity index (χ4n) is 1.60. The van der Waals surface area contributed by atoms with Crippen LogP contribution in [-0.2, 0) is 14.3 Å². The summed E-state index contributed by atoms with van der Waals surface area (Å²) >= 11 is 0. The highest BCUT2D eigenvalue weighted by Crippen LogP contribution is 2.22. The first-order valence-corrected chi connectivity index (χ1v) is 4.86. The third-order valence-corrected chi connectivity index (χ3v) is 2.33. The van der Waals surface area contributed by atoms with Crippen LogP contribution in [0.4, 0.5) is 0 Å². The number of rotatable bonds is 2. The fraction of sp³-hybridized carbons (Fsp3) is 0.778. The van der Waals surface area contributed by atoms with Crippen molar-refractivity contribution in [2.24, 2.45) is 0 Å². The Balaban J connectivity index is 2.46. The quantitative estimate of drug-likeness (QED) is 0.309. The molecule has 5 heteroatoms. The summed E-state index contributed by atoms with van der Waals surface area (Å²) in [6.07, 6.45) is 3.47. The SMILES string of the molecule is CCOC(=O)C(=O)N(O)C1CCCC1. The zero-order valence-electron chi connectivity index (χ0n) is 8.23. The second-order valence-electron chi connectivity index (χ2n) is 3.31. The molecule has 0 aromatic carbocycles. The summed E-state index contributed by atoms with van der Waals surface area (Å²) in [5, 5.41) is 9.92. The van der Waals surface area contributed by atoms with Crippen molar-refractivity contribution in [3.63, 3.8) is 0 Å². The van der Waals surface area contributed by atoms with E-state index in [2.05, 4.69) is 4.74 Å². The summed E-state index contributed by atoms with van der Waals surface area (Å²) in [4.78, 5) is 22.2. The molecule has 0 aromatic rings. The molecule has 14 heavy (non-hydrogen) atoms. The van der Waals surface area contributed by atoms with Gasteiger partial charge in [-0.1, -0.05) is 12.8 Å². The number of hydroxylamine groups is 2. The van der Waals surface area contributed by atoms with Crippen LogP contribution in [0.1, 0.15) is 32.6 Å². The van der Waals surface area contributed by atoms with Gasteiger partial charge >= 0.3 is 11.9 Å². The molecule has 0 aliphatic heterocycles. The van der Waals surface area contributed by atoms with Gasteiger partial charge in [0, 0.05) is 0 Å². The van der Waals surface area contributed by atoms with E-state index in [0.717, 1.165) is 25.7 Å². The number of hydrogen-bond acceptors (Lipinski definition) is 4. The largest absolute Gasteiger partial charge is 0.459 e. The molecule has 1 aliphatic carbocycles. The Labute approximate surface area is 82.6 Å². The van der Waals surface area contributed by atoms with Gasteiger partial charge in [-0.15, -0.1) is 0 Å². The van der Waals surface area contributed by atoms with Crippen molar-refractivity contribution >= 4 is 11.9 Å². The topological polar surface area (TPSA) is 66.8 Å². The first kappa shape index (κ1) is 11.0. The molecule has 0 aromatic heterocycles. The predicted molar refractivity (Wildman–Crippen MR) is 47.5 cm³/mol. The average Bonchev–Trinajstić information content (AvgIpc) is 2.68. The summed E-state index contributed by atoms with van der Waals surface area (Å²) in [5.74, 6) is -1.94. The van der Waals surface area contributed by atoms with Crippen molar-refractivity contribution in [3.05, 3.63) is 0 Å². The molecule has 0 unspecified atom stereocenters. The van der Waals surface area contributed by atoms with Crippen LogP contribution >= 0.6 is 0 Å². The van der Waals surface area contributed by atoms with Crippen molar-refractivity contribution in [2.45, 2.75) is 38.6 Å². The van der Waals surface area contributed by atoms with E-state index in [-0.39, 0.29) is 12.6 Å². The molecule has 1 fully saturated rings. The molecule has 1 N–H and O–H groups in total. The van der Waals surface area contributed by atoms with Gasteiger partial charge in [0.25, 0.3) is 0 Å². The minimum absolute atomic E-state index is 0.142. The molecule has 0 spiro atoms. The zero-order valence-corrected chi connectivity index (χ0v) is 8.23. The number of carbonyl (C=O) groups is 2. The summed E-state index contributed by atoms with van der Waals surface area (Å²) < 4.78 is 4.49. The van der Waals surface area contributed by atoms with Gasteiger partial charge in [-0.25, -0.2) is 9.86 Å². The monoisotopic (exact) mass is 201 g/mol. The van der Waals surface area contributed by atoms with Crippen LogP contribution in [0.3, 0.4) is 0 Å². The summed E-state index contributed by atoms with van der Waals surface area (Å²) in [7, 11) is 0. The highest BCUT2D eigenvalue weighted by atomic mass is 16.6. The first-order chi connectivity index (χ1) is 6.66. The number of nitrogens with zero attached hydrogens (tertiary/aromatic N) is 1. The molecule has 0 heterocycles. The Morgan fingerprint density at radius 2 is 2.00 bits per heavy atom. The highest BCUT2D eigenvalue weighted by molar-refractivity contribution is 6.32. The Hall–Kier alpha value is -1.10. The van der Waals surface area contributed by atoms with Crippen molar-refractivity contribution < 1.29 is 19.5 Å². The number of hydrogen-bond donors (Lipinski definition) is 1. The molecule has 0 atom stereocenters. The van der Waals surface area contributed by atoms with Crippen LogP contribution in [0.5, 0.6) is 0 Å². The van der Waals surface area contributed by atoms with E-state index in [0.29, 0.717) is 5.06 Å². The third-order valence-electron chi connectivity index (χ3n) is 2.33. The van der Waals surface area contributed by atoms with Crippen molar-refractivity contribution in [1.29, 1.82) is 0 Å². The van der Waals surface area contributed by atoms with Crippen LogP contribution in [0, 0.1) is 0 Å². The van der Waals surface area contributed by atoms with Gasteiger partial charge in [0.1, 0.15) is 0 Å². The highest BCUT2D eigenvalue weighted by Gasteiger charge is 2.30. The normalized spacial score (nSPS) is 16.7. The summed E-state index contributed by atoms with van der Waals surface area (Å²) in [5.41, 5.74) is 0. The smallest absolute Gasteiger partial charge is 0.399 e. The van der Waals surface area contributed by atoms with Crippen LogP contribution in [0.2, 0.25) is 0 Å². The van der Waals surface area contributed by atoms with E-state index in [1.54, 1.807) is 6.92 Å². The summed E-state index contributed by atoms with van der Waals surface area (Å²) in [6.45, 7) is 1.76. The standard InChI is InChI=1S/C9H15NO4/c1-2-14-9(12)8(11)10(13)7-5-3-4-6-7/h7,13H,2-6H2,1H3. The van der Waals surface area contributed by atoms with Crippen molar-refractivity contribution in [3.8, 4) is 0 Å². The second-order valence-corrected chi connectivity index (χ2v) is 3.31. The van der Waals surface area contributed by atoms with Crippen molar-refractivity contribution in [1.82, 2.24) is 5.06 Å². The zero-order chi connectivity index (χ0) is 10.6.